The van der Waals surface area contributed by atoms with Crippen LogP contribution < -0.4 is 10.1 Å². The SMILES string of the molecule is CC(=O)Oc1ccccc1C(=O)Nc1ccc(C(C)=O)cc1. The smallest absolute Gasteiger partial charge is 0.308 e. The summed E-state index contributed by atoms with van der Waals surface area (Å²) in [6.07, 6.45) is 0. The Hall–Kier alpha value is -2.95. The van der Waals surface area contributed by atoms with Gasteiger partial charge in [-0.25, -0.2) is 0 Å². The van der Waals surface area contributed by atoms with Gasteiger partial charge in [-0.3, -0.25) is 14.4 Å². The molecule has 0 saturated heterocycles. The molecule has 22 heavy (non-hydrogen) atoms. The van der Waals surface area contributed by atoms with E-state index in [2.05, 4.69) is 5.32 Å². The van der Waals surface area contributed by atoms with Crippen molar-refractivity contribution in [1.82, 2.24) is 0 Å². The van der Waals surface area contributed by atoms with Gasteiger partial charge in [-0.15, -0.1) is 0 Å². The highest BCUT2D eigenvalue weighted by atomic mass is 16.5. The van der Waals surface area contributed by atoms with Gasteiger partial charge in [-0.05, 0) is 43.3 Å². The van der Waals surface area contributed by atoms with Crippen LogP contribution >= 0.6 is 0 Å². The molecule has 0 atom stereocenters. The molecule has 2 rings (SSSR count). The Labute approximate surface area is 127 Å². The van der Waals surface area contributed by atoms with E-state index in [-0.39, 0.29) is 17.1 Å². The van der Waals surface area contributed by atoms with Gasteiger partial charge in [0.05, 0.1) is 5.56 Å². The Morgan fingerprint density at radius 2 is 1.55 bits per heavy atom. The Kier molecular flexibility index (Phi) is 4.68. The third-order valence-electron chi connectivity index (χ3n) is 2.93. The van der Waals surface area contributed by atoms with Crippen molar-refractivity contribution in [2.24, 2.45) is 0 Å². The number of amides is 1. The minimum atomic E-state index is -0.494. The minimum absolute atomic E-state index is 0.0434. The summed E-state index contributed by atoms with van der Waals surface area (Å²) in [5, 5.41) is 2.70. The first-order chi connectivity index (χ1) is 10.5. The quantitative estimate of drug-likeness (QED) is 0.535. The topological polar surface area (TPSA) is 72.5 Å². The van der Waals surface area contributed by atoms with Crippen molar-refractivity contribution in [2.75, 3.05) is 5.32 Å². The van der Waals surface area contributed by atoms with Crippen molar-refractivity contribution < 1.29 is 19.1 Å². The van der Waals surface area contributed by atoms with E-state index in [0.717, 1.165) is 0 Å². The van der Waals surface area contributed by atoms with Gasteiger partial charge in [0.25, 0.3) is 5.91 Å². The molecular formula is C17H15NO4. The normalized spacial score (nSPS) is 9.91. The summed E-state index contributed by atoms with van der Waals surface area (Å²) in [6.45, 7) is 2.75. The molecule has 2 aromatic rings. The summed E-state index contributed by atoms with van der Waals surface area (Å²) in [5.74, 6) is -0.732. The van der Waals surface area contributed by atoms with Crippen LogP contribution in [0.2, 0.25) is 0 Å². The number of ketones is 1. The predicted octanol–water partition coefficient (Wildman–Crippen LogP) is 3.07. The molecule has 0 aliphatic heterocycles. The van der Waals surface area contributed by atoms with Crippen LogP contribution in [0.15, 0.2) is 48.5 Å². The van der Waals surface area contributed by atoms with Crippen molar-refractivity contribution in [3.05, 3.63) is 59.7 Å². The lowest BCUT2D eigenvalue weighted by molar-refractivity contribution is -0.131. The van der Waals surface area contributed by atoms with E-state index in [1.807, 2.05) is 0 Å². The molecule has 5 heteroatoms. The van der Waals surface area contributed by atoms with Gasteiger partial charge in [-0.1, -0.05) is 12.1 Å². The summed E-state index contributed by atoms with van der Waals surface area (Å²) in [4.78, 5) is 34.5. The number of benzene rings is 2. The van der Waals surface area contributed by atoms with Gasteiger partial charge in [0, 0.05) is 18.2 Å². The van der Waals surface area contributed by atoms with Crippen LogP contribution in [0.25, 0.3) is 0 Å². The van der Waals surface area contributed by atoms with Crippen LogP contribution in [-0.2, 0) is 4.79 Å². The van der Waals surface area contributed by atoms with Crippen LogP contribution in [0.4, 0.5) is 5.69 Å². The van der Waals surface area contributed by atoms with E-state index in [1.54, 1.807) is 48.5 Å². The Bertz CT molecular complexity index is 720. The summed E-state index contributed by atoms with van der Waals surface area (Å²) in [7, 11) is 0. The number of carbonyl (C=O) groups is 3. The Balaban J connectivity index is 2.18. The lowest BCUT2D eigenvalue weighted by atomic mass is 10.1. The minimum Gasteiger partial charge on any atom is -0.426 e. The molecule has 0 aliphatic carbocycles. The number of carbonyl (C=O) groups excluding carboxylic acids is 3. The standard InChI is InChI=1S/C17H15NO4/c1-11(19)13-7-9-14(10-8-13)18-17(21)15-5-3-4-6-16(15)22-12(2)20/h3-10H,1-2H3,(H,18,21). The Morgan fingerprint density at radius 1 is 0.909 bits per heavy atom. The van der Waals surface area contributed by atoms with Crippen LogP contribution in [0, 0.1) is 0 Å². The van der Waals surface area contributed by atoms with Gasteiger partial charge < -0.3 is 10.1 Å². The number of para-hydroxylation sites is 1. The first-order valence-corrected chi connectivity index (χ1v) is 6.67. The van der Waals surface area contributed by atoms with Gasteiger partial charge in [-0.2, -0.15) is 0 Å². The number of Topliss-reactive ketones (excluding diaryl/α,β-unsaturated/α-hetero) is 1. The van der Waals surface area contributed by atoms with Crippen molar-refractivity contribution in [3.63, 3.8) is 0 Å². The fourth-order valence-electron chi connectivity index (χ4n) is 1.88. The monoisotopic (exact) mass is 297 g/mol. The third kappa shape index (κ3) is 3.79. The maximum atomic E-state index is 12.3. The molecule has 0 spiro atoms. The fraction of sp³-hybridized carbons (Fsp3) is 0.118. The van der Waals surface area contributed by atoms with Crippen LogP contribution in [0.5, 0.6) is 5.75 Å². The highest BCUT2D eigenvalue weighted by Crippen LogP contribution is 2.20. The molecule has 0 radical (unpaired) electrons. The number of nitrogens with one attached hydrogen (secondary N) is 1. The van der Waals surface area contributed by atoms with E-state index < -0.39 is 11.9 Å². The van der Waals surface area contributed by atoms with Gasteiger partial charge >= 0.3 is 5.97 Å². The molecule has 0 bridgehead atoms. The zero-order chi connectivity index (χ0) is 16.1. The second-order valence-electron chi connectivity index (χ2n) is 4.68. The highest BCUT2D eigenvalue weighted by molar-refractivity contribution is 6.06. The molecule has 2 aromatic carbocycles. The molecule has 0 unspecified atom stereocenters. The molecule has 0 aromatic heterocycles. The largest absolute Gasteiger partial charge is 0.426 e. The number of hydrogen-bond donors (Lipinski definition) is 1. The van der Waals surface area contributed by atoms with Crippen LogP contribution in [0.1, 0.15) is 34.6 Å². The van der Waals surface area contributed by atoms with Crippen molar-refractivity contribution in [2.45, 2.75) is 13.8 Å². The number of anilines is 1. The molecule has 1 N–H and O–H groups in total. The van der Waals surface area contributed by atoms with Crippen molar-refractivity contribution in [1.29, 1.82) is 0 Å². The maximum Gasteiger partial charge on any atom is 0.308 e. The maximum absolute atomic E-state index is 12.3. The highest BCUT2D eigenvalue weighted by Gasteiger charge is 2.13. The molecule has 1 amide bonds. The van der Waals surface area contributed by atoms with E-state index in [0.29, 0.717) is 11.3 Å². The second-order valence-corrected chi connectivity index (χ2v) is 4.68. The number of rotatable bonds is 4. The first kappa shape index (κ1) is 15.4. The lowest BCUT2D eigenvalue weighted by Crippen LogP contribution is -2.14. The third-order valence-corrected chi connectivity index (χ3v) is 2.93. The van der Waals surface area contributed by atoms with Gasteiger partial charge in [0.2, 0.25) is 0 Å². The molecule has 0 heterocycles. The molecule has 0 saturated carbocycles. The van der Waals surface area contributed by atoms with E-state index >= 15 is 0 Å². The fourth-order valence-corrected chi connectivity index (χ4v) is 1.88. The van der Waals surface area contributed by atoms with E-state index in [9.17, 15) is 14.4 Å². The van der Waals surface area contributed by atoms with Crippen molar-refractivity contribution in [3.8, 4) is 5.75 Å². The molecule has 0 fully saturated rings. The molecule has 5 nitrogen and oxygen atoms in total. The molecule has 0 aliphatic rings. The number of ether oxygens (including phenoxy) is 1. The Morgan fingerprint density at radius 3 is 2.14 bits per heavy atom. The summed E-state index contributed by atoms with van der Waals surface area (Å²) in [6, 6.07) is 13.0. The van der Waals surface area contributed by atoms with Gasteiger partial charge in [0.1, 0.15) is 5.75 Å². The second kappa shape index (κ2) is 6.67. The predicted molar refractivity (Wildman–Crippen MR) is 82.2 cm³/mol. The van der Waals surface area contributed by atoms with E-state index in [4.69, 9.17) is 4.74 Å². The van der Waals surface area contributed by atoms with Crippen molar-refractivity contribution >= 4 is 23.3 Å². The first-order valence-electron chi connectivity index (χ1n) is 6.67. The number of esters is 1. The van der Waals surface area contributed by atoms with Gasteiger partial charge in [0.15, 0.2) is 5.78 Å². The summed E-state index contributed by atoms with van der Waals surface area (Å²) in [5.41, 5.74) is 1.37. The number of hydrogen-bond acceptors (Lipinski definition) is 4. The molecule has 112 valence electrons. The van der Waals surface area contributed by atoms with Crippen LogP contribution in [-0.4, -0.2) is 17.7 Å². The average molecular weight is 297 g/mol. The summed E-state index contributed by atoms with van der Waals surface area (Å²) < 4.78 is 5.01. The zero-order valence-corrected chi connectivity index (χ0v) is 12.3. The van der Waals surface area contributed by atoms with Crippen LogP contribution in [0.3, 0.4) is 0 Å². The summed E-state index contributed by atoms with van der Waals surface area (Å²) >= 11 is 0. The molecular weight excluding hydrogens is 282 g/mol. The average Bonchev–Trinajstić information content (AvgIpc) is 2.47. The van der Waals surface area contributed by atoms with E-state index in [1.165, 1.54) is 13.8 Å². The zero-order valence-electron chi connectivity index (χ0n) is 12.3. The lowest BCUT2D eigenvalue weighted by Gasteiger charge is -2.09.